The average molecular weight is 285 g/mol. The topological polar surface area (TPSA) is 46.5 Å². The molecule has 0 bridgehead atoms. The third-order valence-electron chi connectivity index (χ3n) is 2.80. The third-order valence-corrected chi connectivity index (χ3v) is 3.30. The predicted octanol–water partition coefficient (Wildman–Crippen LogP) is 2.86. The summed E-state index contributed by atoms with van der Waals surface area (Å²) in [5.41, 5.74) is 1.15. The molecule has 0 aliphatic carbocycles. The lowest BCUT2D eigenvalue weighted by molar-refractivity contribution is -0.141. The minimum atomic E-state index is -0.763. The first-order valence-corrected chi connectivity index (χ1v) is 6.03. The number of halogens is 1. The normalized spacial score (nSPS) is 20.0. The number of benzene rings is 1. The lowest BCUT2D eigenvalue weighted by Crippen LogP contribution is -2.21. The van der Waals surface area contributed by atoms with E-state index in [1.165, 1.54) is 0 Å². The van der Waals surface area contributed by atoms with Crippen LogP contribution in [0.3, 0.4) is 0 Å². The van der Waals surface area contributed by atoms with E-state index in [0.717, 1.165) is 22.2 Å². The number of aliphatic carboxylic acids is 1. The molecule has 0 aromatic heterocycles. The molecule has 0 spiro atoms. The van der Waals surface area contributed by atoms with Gasteiger partial charge >= 0.3 is 5.97 Å². The molecular weight excluding hydrogens is 272 g/mol. The van der Waals surface area contributed by atoms with E-state index in [2.05, 4.69) is 15.9 Å². The van der Waals surface area contributed by atoms with Crippen molar-refractivity contribution in [2.24, 2.45) is 5.92 Å². The van der Waals surface area contributed by atoms with Crippen LogP contribution in [0.1, 0.15) is 18.9 Å². The van der Waals surface area contributed by atoms with Crippen molar-refractivity contribution in [3.63, 3.8) is 0 Å². The van der Waals surface area contributed by atoms with E-state index >= 15 is 0 Å². The number of rotatable bonds is 3. The summed E-state index contributed by atoms with van der Waals surface area (Å²) in [7, 11) is 0. The van der Waals surface area contributed by atoms with Gasteiger partial charge in [-0.2, -0.15) is 0 Å². The van der Waals surface area contributed by atoms with E-state index in [4.69, 9.17) is 9.84 Å². The summed E-state index contributed by atoms with van der Waals surface area (Å²) in [6.45, 7) is 1.71. The molecule has 1 aliphatic heterocycles. The second kappa shape index (κ2) is 4.45. The molecule has 2 unspecified atom stereocenters. The van der Waals surface area contributed by atoms with Crippen LogP contribution in [-0.2, 0) is 11.2 Å². The Morgan fingerprint density at radius 3 is 3.12 bits per heavy atom. The van der Waals surface area contributed by atoms with Crippen LogP contribution >= 0.6 is 15.9 Å². The van der Waals surface area contributed by atoms with Gasteiger partial charge in [-0.25, -0.2) is 0 Å². The van der Waals surface area contributed by atoms with Crippen molar-refractivity contribution in [3.05, 3.63) is 28.2 Å². The van der Waals surface area contributed by atoms with Gasteiger partial charge in [-0.05, 0) is 30.2 Å². The summed E-state index contributed by atoms with van der Waals surface area (Å²) in [5, 5.41) is 8.84. The molecule has 0 fully saturated rings. The van der Waals surface area contributed by atoms with Gasteiger partial charge in [0, 0.05) is 10.9 Å². The second-order valence-electron chi connectivity index (χ2n) is 4.17. The molecule has 2 atom stereocenters. The molecule has 1 aromatic carbocycles. The smallest absolute Gasteiger partial charge is 0.306 e. The number of fused-ring (bicyclic) bond motifs is 1. The Labute approximate surface area is 103 Å². The Balaban J connectivity index is 2.03. The fourth-order valence-corrected chi connectivity index (χ4v) is 2.32. The van der Waals surface area contributed by atoms with Crippen LogP contribution in [0.25, 0.3) is 0 Å². The van der Waals surface area contributed by atoms with Gasteiger partial charge in [-0.15, -0.1) is 0 Å². The fourth-order valence-electron chi connectivity index (χ4n) is 1.92. The maximum absolute atomic E-state index is 10.8. The van der Waals surface area contributed by atoms with E-state index < -0.39 is 5.97 Å². The monoisotopic (exact) mass is 284 g/mol. The van der Waals surface area contributed by atoms with Crippen LogP contribution in [-0.4, -0.2) is 17.2 Å². The molecule has 16 heavy (non-hydrogen) atoms. The van der Waals surface area contributed by atoms with Crippen molar-refractivity contribution in [2.75, 3.05) is 0 Å². The Morgan fingerprint density at radius 1 is 1.69 bits per heavy atom. The SMILES string of the molecule is CC(CC1Cc2cc(Br)ccc2O1)C(=O)O. The first-order valence-electron chi connectivity index (χ1n) is 5.24. The number of carbonyl (C=O) groups is 1. The molecule has 1 aromatic rings. The van der Waals surface area contributed by atoms with Gasteiger partial charge in [0.2, 0.25) is 0 Å². The van der Waals surface area contributed by atoms with Gasteiger partial charge < -0.3 is 9.84 Å². The van der Waals surface area contributed by atoms with Crippen molar-refractivity contribution < 1.29 is 14.6 Å². The predicted molar refractivity (Wildman–Crippen MR) is 63.7 cm³/mol. The standard InChI is InChI=1S/C12H13BrO3/c1-7(12(14)15)4-10-6-8-5-9(13)2-3-11(8)16-10/h2-3,5,7,10H,4,6H2,1H3,(H,14,15). The van der Waals surface area contributed by atoms with Crippen LogP contribution in [0.2, 0.25) is 0 Å². The highest BCUT2D eigenvalue weighted by Crippen LogP contribution is 2.33. The van der Waals surface area contributed by atoms with E-state index in [1.807, 2.05) is 18.2 Å². The highest BCUT2D eigenvalue weighted by atomic mass is 79.9. The fraction of sp³-hybridized carbons (Fsp3) is 0.417. The van der Waals surface area contributed by atoms with E-state index in [0.29, 0.717) is 6.42 Å². The highest BCUT2D eigenvalue weighted by Gasteiger charge is 2.26. The number of carboxylic acids is 1. The van der Waals surface area contributed by atoms with Crippen molar-refractivity contribution in [3.8, 4) is 5.75 Å². The molecule has 86 valence electrons. The van der Waals surface area contributed by atoms with Gasteiger partial charge in [0.15, 0.2) is 0 Å². The first-order chi connectivity index (χ1) is 7.56. The lowest BCUT2D eigenvalue weighted by atomic mass is 10.0. The molecule has 1 heterocycles. The number of hydrogen-bond acceptors (Lipinski definition) is 2. The van der Waals surface area contributed by atoms with Crippen LogP contribution in [0.5, 0.6) is 5.75 Å². The summed E-state index contributed by atoms with van der Waals surface area (Å²) in [6.07, 6.45) is 1.35. The second-order valence-corrected chi connectivity index (χ2v) is 5.09. The lowest BCUT2D eigenvalue weighted by Gasteiger charge is -2.12. The van der Waals surface area contributed by atoms with Crippen LogP contribution in [0, 0.1) is 5.92 Å². The van der Waals surface area contributed by atoms with E-state index in [1.54, 1.807) is 6.92 Å². The minimum Gasteiger partial charge on any atom is -0.490 e. The first kappa shape index (κ1) is 11.5. The van der Waals surface area contributed by atoms with Gasteiger partial charge in [-0.1, -0.05) is 22.9 Å². The van der Waals surface area contributed by atoms with Crippen molar-refractivity contribution in [1.82, 2.24) is 0 Å². The number of ether oxygens (including phenoxy) is 1. The van der Waals surface area contributed by atoms with E-state index in [-0.39, 0.29) is 12.0 Å². The largest absolute Gasteiger partial charge is 0.490 e. The summed E-state index contributed by atoms with van der Waals surface area (Å²) in [4.78, 5) is 10.8. The summed E-state index contributed by atoms with van der Waals surface area (Å²) < 4.78 is 6.73. The van der Waals surface area contributed by atoms with Gasteiger partial charge in [-0.3, -0.25) is 4.79 Å². The zero-order valence-electron chi connectivity index (χ0n) is 8.94. The Hall–Kier alpha value is -1.03. The Bertz CT molecular complexity index is 417. The molecule has 4 heteroatoms. The van der Waals surface area contributed by atoms with Gasteiger partial charge in [0.25, 0.3) is 0 Å². The highest BCUT2D eigenvalue weighted by molar-refractivity contribution is 9.10. The quantitative estimate of drug-likeness (QED) is 0.928. The van der Waals surface area contributed by atoms with Crippen LogP contribution < -0.4 is 4.74 Å². The molecule has 1 aliphatic rings. The van der Waals surface area contributed by atoms with Crippen LogP contribution in [0.4, 0.5) is 0 Å². The molecule has 0 radical (unpaired) electrons. The molecule has 3 nitrogen and oxygen atoms in total. The molecule has 1 N–H and O–H groups in total. The number of carboxylic acid groups (broad SMARTS) is 1. The van der Waals surface area contributed by atoms with Gasteiger partial charge in [0.05, 0.1) is 5.92 Å². The summed E-state index contributed by atoms with van der Waals surface area (Å²) in [6, 6.07) is 5.88. The third kappa shape index (κ3) is 2.38. The minimum absolute atomic E-state index is 0.00426. The average Bonchev–Trinajstić information content (AvgIpc) is 2.58. The maximum atomic E-state index is 10.8. The summed E-state index contributed by atoms with van der Waals surface area (Å²) in [5.74, 6) is -0.241. The Morgan fingerprint density at radius 2 is 2.44 bits per heavy atom. The zero-order valence-corrected chi connectivity index (χ0v) is 10.5. The van der Waals surface area contributed by atoms with Crippen molar-refractivity contribution in [2.45, 2.75) is 25.9 Å². The molecular formula is C12H13BrO3. The maximum Gasteiger partial charge on any atom is 0.306 e. The molecule has 0 saturated heterocycles. The van der Waals surface area contributed by atoms with Gasteiger partial charge in [0.1, 0.15) is 11.9 Å². The van der Waals surface area contributed by atoms with Crippen molar-refractivity contribution >= 4 is 21.9 Å². The van der Waals surface area contributed by atoms with E-state index in [9.17, 15) is 4.79 Å². The van der Waals surface area contributed by atoms with Crippen LogP contribution in [0.15, 0.2) is 22.7 Å². The number of hydrogen-bond donors (Lipinski definition) is 1. The zero-order chi connectivity index (χ0) is 11.7. The molecule has 2 rings (SSSR count). The van der Waals surface area contributed by atoms with Crippen molar-refractivity contribution in [1.29, 1.82) is 0 Å². The summed E-state index contributed by atoms with van der Waals surface area (Å²) >= 11 is 3.41. The molecule has 0 saturated carbocycles. The Kier molecular flexibility index (Phi) is 3.19. The molecule has 0 amide bonds.